The lowest BCUT2D eigenvalue weighted by Gasteiger charge is -2.33. The van der Waals surface area contributed by atoms with Crippen LogP contribution in [0.15, 0.2) is 36.7 Å². The molecule has 1 saturated carbocycles. The van der Waals surface area contributed by atoms with E-state index >= 15 is 0 Å². The zero-order valence-electron chi connectivity index (χ0n) is 18.9. The number of fused-ring (bicyclic) bond motifs is 2. The maximum absolute atomic E-state index is 12.8. The molecule has 5 rings (SSSR count). The quantitative estimate of drug-likeness (QED) is 0.428. The molecule has 1 amide bonds. The summed E-state index contributed by atoms with van der Waals surface area (Å²) >= 11 is 0. The summed E-state index contributed by atoms with van der Waals surface area (Å²) in [6.45, 7) is 1.88. The summed E-state index contributed by atoms with van der Waals surface area (Å²) in [6, 6.07) is 7.64. The smallest absolute Gasteiger partial charge is 0.255 e. The van der Waals surface area contributed by atoms with Crippen molar-refractivity contribution in [2.75, 3.05) is 19.5 Å². The first kappa shape index (κ1) is 21.2. The lowest BCUT2D eigenvalue weighted by Crippen LogP contribution is -2.36. The summed E-state index contributed by atoms with van der Waals surface area (Å²) in [5.74, 6) is 0.613. The minimum absolute atomic E-state index is 0.181. The molecule has 0 atom stereocenters. The van der Waals surface area contributed by atoms with Crippen LogP contribution in [0.25, 0.3) is 22.3 Å². The number of hydrogen-bond acceptors (Lipinski definition) is 7. The van der Waals surface area contributed by atoms with Gasteiger partial charge in [0.25, 0.3) is 5.91 Å². The van der Waals surface area contributed by atoms with Gasteiger partial charge in [-0.25, -0.2) is 9.03 Å². The lowest BCUT2D eigenvalue weighted by molar-refractivity contribution is 0.0195. The number of amides is 1. The van der Waals surface area contributed by atoms with Gasteiger partial charge in [-0.15, -0.1) is 5.10 Å². The van der Waals surface area contributed by atoms with Gasteiger partial charge in [0.1, 0.15) is 11.2 Å². The predicted octanol–water partition coefficient (Wildman–Crippen LogP) is 2.52. The van der Waals surface area contributed by atoms with E-state index in [1.54, 1.807) is 29.4 Å². The Morgan fingerprint density at radius 2 is 1.97 bits per heavy atom. The summed E-state index contributed by atoms with van der Waals surface area (Å²) in [5.41, 5.74) is 2.44. The molecule has 0 unspecified atom stereocenters. The highest BCUT2D eigenvalue weighted by atomic mass is 16.5. The van der Waals surface area contributed by atoms with E-state index in [1.165, 1.54) is 0 Å². The van der Waals surface area contributed by atoms with Gasteiger partial charge in [-0.05, 0) is 50.8 Å². The molecule has 0 saturated heterocycles. The molecule has 0 radical (unpaired) electrons. The molecular weight excluding hydrogens is 422 g/mol. The third-order valence-electron chi connectivity index (χ3n) is 6.32. The van der Waals surface area contributed by atoms with Gasteiger partial charge in [0.15, 0.2) is 0 Å². The first-order chi connectivity index (χ1) is 15.9. The second kappa shape index (κ2) is 8.04. The third kappa shape index (κ3) is 3.76. The van der Waals surface area contributed by atoms with Gasteiger partial charge in [-0.3, -0.25) is 4.79 Å². The zero-order valence-corrected chi connectivity index (χ0v) is 18.9. The Balaban J connectivity index is 1.57. The average molecular weight is 450 g/mol. The first-order valence-corrected chi connectivity index (χ1v) is 11.0. The van der Waals surface area contributed by atoms with Gasteiger partial charge in [-0.1, -0.05) is 6.07 Å². The van der Waals surface area contributed by atoms with Crippen LogP contribution in [0.2, 0.25) is 0 Å². The Morgan fingerprint density at radius 1 is 1.18 bits per heavy atom. The molecule has 172 valence electrons. The third-order valence-corrected chi connectivity index (χ3v) is 6.32. The van der Waals surface area contributed by atoms with E-state index in [0.717, 1.165) is 25.7 Å². The van der Waals surface area contributed by atoms with E-state index in [1.807, 2.05) is 37.4 Å². The highest BCUT2D eigenvalue weighted by Crippen LogP contribution is 2.35. The van der Waals surface area contributed by atoms with Crippen LogP contribution >= 0.6 is 0 Å². The second-order valence-corrected chi connectivity index (χ2v) is 8.72. The number of aliphatic hydroxyl groups is 1. The summed E-state index contributed by atoms with van der Waals surface area (Å²) < 4.78 is 9.00. The van der Waals surface area contributed by atoms with Crippen LogP contribution in [0.5, 0.6) is 5.88 Å². The lowest BCUT2D eigenvalue weighted by atomic mass is 9.84. The maximum Gasteiger partial charge on any atom is 0.255 e. The van der Waals surface area contributed by atoms with Crippen molar-refractivity contribution in [3.8, 4) is 17.1 Å². The molecule has 10 nitrogen and oxygen atoms in total. The van der Waals surface area contributed by atoms with E-state index in [-0.39, 0.29) is 11.9 Å². The van der Waals surface area contributed by atoms with E-state index in [9.17, 15) is 9.90 Å². The van der Waals surface area contributed by atoms with Crippen LogP contribution in [0, 0.1) is 0 Å². The molecule has 1 aliphatic rings. The molecule has 4 heterocycles. The Kier molecular flexibility index (Phi) is 5.16. The summed E-state index contributed by atoms with van der Waals surface area (Å²) in [4.78, 5) is 17.3. The number of anilines is 1. The molecule has 10 heteroatoms. The van der Waals surface area contributed by atoms with Gasteiger partial charge in [-0.2, -0.15) is 10.1 Å². The van der Waals surface area contributed by atoms with Crippen molar-refractivity contribution in [2.45, 2.75) is 44.2 Å². The van der Waals surface area contributed by atoms with E-state index < -0.39 is 5.60 Å². The molecule has 1 aliphatic carbocycles. The van der Waals surface area contributed by atoms with Gasteiger partial charge < -0.3 is 20.5 Å². The van der Waals surface area contributed by atoms with Gasteiger partial charge >= 0.3 is 0 Å². The number of pyridine rings is 1. The highest BCUT2D eigenvalue weighted by Gasteiger charge is 2.29. The number of rotatable bonds is 5. The van der Waals surface area contributed by atoms with Crippen molar-refractivity contribution < 1.29 is 14.6 Å². The molecule has 33 heavy (non-hydrogen) atoms. The van der Waals surface area contributed by atoms with Crippen LogP contribution in [0.4, 0.5) is 5.95 Å². The van der Waals surface area contributed by atoms with Crippen LogP contribution in [-0.2, 0) is 0 Å². The molecule has 0 aromatic carbocycles. The van der Waals surface area contributed by atoms with Crippen LogP contribution in [0.1, 0.15) is 43.0 Å². The average Bonchev–Trinajstić information content (AvgIpc) is 3.40. The minimum atomic E-state index is -0.605. The molecule has 1 fully saturated rings. The first-order valence-electron chi connectivity index (χ1n) is 11.0. The molecular formula is C23H27N7O3. The van der Waals surface area contributed by atoms with Crippen LogP contribution in [-0.4, -0.2) is 61.0 Å². The Labute approximate surface area is 190 Å². The number of carbonyl (C=O) groups excluding carboxylic acids is 1. The molecule has 0 bridgehead atoms. The van der Waals surface area contributed by atoms with Crippen LogP contribution in [0.3, 0.4) is 0 Å². The van der Waals surface area contributed by atoms with Crippen molar-refractivity contribution in [1.82, 2.24) is 29.5 Å². The van der Waals surface area contributed by atoms with Crippen molar-refractivity contribution in [3.63, 3.8) is 0 Å². The normalized spacial score (nSPS) is 20.8. The molecule has 3 N–H and O–H groups in total. The van der Waals surface area contributed by atoms with Crippen molar-refractivity contribution in [1.29, 1.82) is 0 Å². The van der Waals surface area contributed by atoms with Gasteiger partial charge in [0.05, 0.1) is 23.8 Å². The minimum Gasteiger partial charge on any atom is -0.479 e. The fourth-order valence-electron chi connectivity index (χ4n) is 4.49. The fraction of sp³-hybridized carbons (Fsp3) is 0.391. The maximum atomic E-state index is 12.8. The molecule has 0 spiro atoms. The van der Waals surface area contributed by atoms with Crippen LogP contribution < -0.4 is 15.4 Å². The number of nitrogens with one attached hydrogen (secondary N) is 2. The Morgan fingerprint density at radius 3 is 2.70 bits per heavy atom. The van der Waals surface area contributed by atoms with Crippen molar-refractivity contribution in [2.24, 2.45) is 0 Å². The number of aromatic nitrogens is 5. The standard InChI is InChI=1S/C23H27N7O3/c1-23(32)10-7-14(8-11-23)25-22-26-21(33-3)19-15(9-13-30(19)28-22)18-17(20(31)24-2)16-6-4-5-12-29(16)27-18/h4-6,9,12-14,32H,7-8,10-11H2,1-3H3,(H,24,31)(H,25,28). The Bertz CT molecular complexity index is 1330. The second-order valence-electron chi connectivity index (χ2n) is 8.72. The number of ether oxygens (including phenoxy) is 1. The number of methoxy groups -OCH3 is 1. The molecule has 0 aliphatic heterocycles. The fourth-order valence-corrected chi connectivity index (χ4v) is 4.49. The van der Waals surface area contributed by atoms with E-state index in [0.29, 0.717) is 39.7 Å². The SMILES string of the molecule is CNC(=O)c1c(-c2ccn3nc(NC4CCC(C)(O)CC4)nc(OC)c23)nn2ccccc12. The number of nitrogens with zero attached hydrogens (tertiary/aromatic N) is 5. The topological polar surface area (TPSA) is 118 Å². The van der Waals surface area contributed by atoms with E-state index in [4.69, 9.17) is 4.74 Å². The number of carbonyl (C=O) groups is 1. The molecule has 4 aromatic rings. The van der Waals surface area contributed by atoms with Crippen molar-refractivity contribution >= 4 is 22.9 Å². The number of hydrogen-bond donors (Lipinski definition) is 3. The Hall–Kier alpha value is -3.66. The monoisotopic (exact) mass is 449 g/mol. The summed E-state index contributed by atoms with van der Waals surface area (Å²) in [7, 11) is 3.16. The summed E-state index contributed by atoms with van der Waals surface area (Å²) in [5, 5.41) is 25.6. The van der Waals surface area contributed by atoms with Crippen molar-refractivity contribution in [3.05, 3.63) is 42.2 Å². The molecule has 4 aromatic heterocycles. The zero-order chi connectivity index (χ0) is 23.2. The highest BCUT2D eigenvalue weighted by molar-refractivity contribution is 6.08. The largest absolute Gasteiger partial charge is 0.479 e. The van der Waals surface area contributed by atoms with Gasteiger partial charge in [0, 0.05) is 31.0 Å². The summed E-state index contributed by atoms with van der Waals surface area (Å²) in [6.07, 6.45) is 6.75. The van der Waals surface area contributed by atoms with Gasteiger partial charge in [0.2, 0.25) is 11.8 Å². The predicted molar refractivity (Wildman–Crippen MR) is 124 cm³/mol. The van der Waals surface area contributed by atoms with E-state index in [2.05, 4.69) is 25.8 Å².